The van der Waals surface area contributed by atoms with Gasteiger partial charge in [0, 0.05) is 11.8 Å². The summed E-state index contributed by atoms with van der Waals surface area (Å²) in [7, 11) is 0. The Morgan fingerprint density at radius 3 is 2.70 bits per heavy atom. The van der Waals surface area contributed by atoms with Crippen molar-refractivity contribution in [2.24, 2.45) is 5.84 Å². The minimum Gasteiger partial charge on any atom is -0.490 e. The fourth-order valence-corrected chi connectivity index (χ4v) is 2.77. The van der Waals surface area contributed by atoms with E-state index < -0.39 is 0 Å². The molecule has 106 valence electrons. The molecular weight excluding hydrogens is 270 g/mol. The van der Waals surface area contributed by atoms with E-state index in [0.717, 1.165) is 28.4 Å². The maximum absolute atomic E-state index is 5.75. The summed E-state index contributed by atoms with van der Waals surface area (Å²) in [4.78, 5) is 4.49. The Balaban J connectivity index is 1.68. The van der Waals surface area contributed by atoms with Crippen molar-refractivity contribution < 1.29 is 4.74 Å². The Labute approximate surface area is 123 Å². The summed E-state index contributed by atoms with van der Waals surface area (Å²) < 4.78 is 5.75. The summed E-state index contributed by atoms with van der Waals surface area (Å²) in [5.74, 6) is 6.62. The summed E-state index contributed by atoms with van der Waals surface area (Å²) >= 11 is 1.67. The fourth-order valence-electron chi connectivity index (χ4n) is 2.14. The first kappa shape index (κ1) is 13.5. The van der Waals surface area contributed by atoms with Crippen LogP contribution >= 0.6 is 11.3 Å². The number of thiazole rings is 1. The Bertz CT molecular complexity index is 563. The van der Waals surface area contributed by atoms with E-state index in [9.17, 15) is 0 Å². The van der Waals surface area contributed by atoms with Crippen molar-refractivity contribution in [3.05, 3.63) is 45.9 Å². The lowest BCUT2D eigenvalue weighted by Crippen LogP contribution is -2.29. The van der Waals surface area contributed by atoms with Crippen LogP contribution in [0.25, 0.3) is 0 Å². The van der Waals surface area contributed by atoms with Crippen molar-refractivity contribution in [3.8, 4) is 5.75 Å². The highest BCUT2D eigenvalue weighted by Gasteiger charge is 2.23. The maximum atomic E-state index is 5.75. The summed E-state index contributed by atoms with van der Waals surface area (Å²) in [6.07, 6.45) is 3.58. The van der Waals surface area contributed by atoms with E-state index in [4.69, 9.17) is 10.6 Å². The lowest BCUT2D eigenvalue weighted by atomic mass is 10.0. The molecule has 1 fully saturated rings. The third-order valence-electron chi connectivity index (χ3n) is 3.39. The average Bonchev–Trinajstić information content (AvgIpc) is 3.18. The normalized spacial score (nSPS) is 16.1. The van der Waals surface area contributed by atoms with Crippen LogP contribution < -0.4 is 16.0 Å². The molecule has 1 atom stereocenters. The Morgan fingerprint density at radius 2 is 2.15 bits per heavy atom. The summed E-state index contributed by atoms with van der Waals surface area (Å²) in [5.41, 5.74) is 5.10. The number of nitrogens with two attached hydrogens (primary N) is 1. The van der Waals surface area contributed by atoms with Crippen molar-refractivity contribution in [2.45, 2.75) is 38.3 Å². The van der Waals surface area contributed by atoms with E-state index in [1.54, 1.807) is 11.3 Å². The quantitative estimate of drug-likeness (QED) is 0.634. The van der Waals surface area contributed by atoms with Gasteiger partial charge >= 0.3 is 0 Å². The van der Waals surface area contributed by atoms with Crippen LogP contribution in [0.2, 0.25) is 0 Å². The number of benzene rings is 1. The number of ether oxygens (including phenoxy) is 1. The van der Waals surface area contributed by atoms with E-state index in [-0.39, 0.29) is 6.04 Å². The van der Waals surface area contributed by atoms with Gasteiger partial charge in [-0.3, -0.25) is 11.3 Å². The lowest BCUT2D eigenvalue weighted by Gasteiger charge is -2.15. The van der Waals surface area contributed by atoms with Crippen LogP contribution in [-0.2, 0) is 6.42 Å². The van der Waals surface area contributed by atoms with Gasteiger partial charge in [0.05, 0.1) is 22.8 Å². The standard InChI is InChI=1S/C15H19N3OS/c1-10-17-12(9-20-10)8-15(18-16)11-2-4-13(5-3-11)19-14-6-7-14/h2-5,9,14-15,18H,6-8,16H2,1H3. The van der Waals surface area contributed by atoms with Crippen LogP contribution in [0.1, 0.15) is 35.1 Å². The van der Waals surface area contributed by atoms with Crippen molar-refractivity contribution in [1.82, 2.24) is 10.4 Å². The monoisotopic (exact) mass is 289 g/mol. The van der Waals surface area contributed by atoms with Gasteiger partial charge in [-0.05, 0) is 37.5 Å². The number of rotatable bonds is 6. The largest absolute Gasteiger partial charge is 0.490 e. The highest BCUT2D eigenvalue weighted by molar-refractivity contribution is 7.09. The Kier molecular flexibility index (Phi) is 4.00. The molecule has 5 heteroatoms. The first-order chi connectivity index (χ1) is 9.74. The van der Waals surface area contributed by atoms with E-state index in [1.165, 1.54) is 12.8 Å². The molecule has 0 amide bonds. The second-order valence-corrected chi connectivity index (χ2v) is 6.23. The SMILES string of the molecule is Cc1nc(CC(NN)c2ccc(OC3CC3)cc2)cs1. The molecule has 0 saturated heterocycles. The number of aryl methyl sites for hydroxylation is 1. The molecule has 2 aromatic rings. The number of nitrogens with zero attached hydrogens (tertiary/aromatic N) is 1. The van der Waals surface area contributed by atoms with Gasteiger partial charge in [-0.2, -0.15) is 0 Å². The molecular formula is C15H19N3OS. The molecule has 3 N–H and O–H groups in total. The minimum atomic E-state index is 0.0754. The highest BCUT2D eigenvalue weighted by atomic mass is 32.1. The third kappa shape index (κ3) is 3.36. The van der Waals surface area contributed by atoms with Gasteiger partial charge in [0.15, 0.2) is 0 Å². The first-order valence-electron chi connectivity index (χ1n) is 6.88. The average molecular weight is 289 g/mol. The highest BCUT2D eigenvalue weighted by Crippen LogP contribution is 2.28. The summed E-state index contributed by atoms with van der Waals surface area (Å²) in [6, 6.07) is 8.25. The predicted octanol–water partition coefficient (Wildman–Crippen LogP) is 2.74. The van der Waals surface area contributed by atoms with E-state index >= 15 is 0 Å². The fraction of sp³-hybridized carbons (Fsp3) is 0.400. The number of hydrazine groups is 1. The number of nitrogens with one attached hydrogen (secondary N) is 1. The molecule has 4 nitrogen and oxygen atoms in total. The predicted molar refractivity (Wildman–Crippen MR) is 80.7 cm³/mol. The van der Waals surface area contributed by atoms with Crippen molar-refractivity contribution in [3.63, 3.8) is 0 Å². The van der Waals surface area contributed by atoms with Crippen molar-refractivity contribution >= 4 is 11.3 Å². The zero-order chi connectivity index (χ0) is 13.9. The van der Waals surface area contributed by atoms with Gasteiger partial charge in [0.2, 0.25) is 0 Å². The van der Waals surface area contributed by atoms with E-state index in [0.29, 0.717) is 6.10 Å². The van der Waals surface area contributed by atoms with Gasteiger partial charge in [-0.15, -0.1) is 11.3 Å². The topological polar surface area (TPSA) is 60.2 Å². The number of aromatic nitrogens is 1. The molecule has 1 aliphatic carbocycles. The molecule has 0 radical (unpaired) electrons. The van der Waals surface area contributed by atoms with E-state index in [1.807, 2.05) is 19.1 Å². The molecule has 1 aromatic carbocycles. The molecule has 20 heavy (non-hydrogen) atoms. The third-order valence-corrected chi connectivity index (χ3v) is 4.21. The zero-order valence-electron chi connectivity index (χ0n) is 11.5. The molecule has 0 spiro atoms. The van der Waals surface area contributed by atoms with Gasteiger partial charge in [-0.25, -0.2) is 4.98 Å². The van der Waals surface area contributed by atoms with Gasteiger partial charge < -0.3 is 4.74 Å². The van der Waals surface area contributed by atoms with Crippen molar-refractivity contribution in [1.29, 1.82) is 0 Å². The zero-order valence-corrected chi connectivity index (χ0v) is 12.3. The maximum Gasteiger partial charge on any atom is 0.119 e. The van der Waals surface area contributed by atoms with Crippen LogP contribution in [0, 0.1) is 6.92 Å². The van der Waals surface area contributed by atoms with Gasteiger partial charge in [-0.1, -0.05) is 12.1 Å². The molecule has 1 heterocycles. The number of hydrogen-bond donors (Lipinski definition) is 2. The second-order valence-electron chi connectivity index (χ2n) is 5.17. The van der Waals surface area contributed by atoms with Crippen LogP contribution in [0.5, 0.6) is 5.75 Å². The molecule has 1 unspecified atom stereocenters. The smallest absolute Gasteiger partial charge is 0.119 e. The molecule has 0 bridgehead atoms. The Hall–Kier alpha value is -1.43. The van der Waals surface area contributed by atoms with Crippen LogP contribution in [-0.4, -0.2) is 11.1 Å². The van der Waals surface area contributed by atoms with Gasteiger partial charge in [0.25, 0.3) is 0 Å². The van der Waals surface area contributed by atoms with Crippen LogP contribution in [0.4, 0.5) is 0 Å². The van der Waals surface area contributed by atoms with Crippen LogP contribution in [0.3, 0.4) is 0 Å². The summed E-state index contributed by atoms with van der Waals surface area (Å²) in [5, 5.41) is 3.17. The molecule has 0 aliphatic heterocycles. The molecule has 1 saturated carbocycles. The molecule has 1 aliphatic rings. The lowest BCUT2D eigenvalue weighted by molar-refractivity contribution is 0.303. The second kappa shape index (κ2) is 5.91. The molecule has 3 rings (SSSR count). The van der Waals surface area contributed by atoms with Crippen molar-refractivity contribution in [2.75, 3.05) is 0 Å². The number of hydrogen-bond acceptors (Lipinski definition) is 5. The first-order valence-corrected chi connectivity index (χ1v) is 7.76. The van der Waals surface area contributed by atoms with E-state index in [2.05, 4.69) is 27.9 Å². The molecule has 1 aromatic heterocycles. The van der Waals surface area contributed by atoms with Gasteiger partial charge in [0.1, 0.15) is 5.75 Å². The summed E-state index contributed by atoms with van der Waals surface area (Å²) in [6.45, 7) is 2.02. The Morgan fingerprint density at radius 1 is 1.40 bits per heavy atom. The minimum absolute atomic E-state index is 0.0754. The van der Waals surface area contributed by atoms with Crippen LogP contribution in [0.15, 0.2) is 29.6 Å².